The lowest BCUT2D eigenvalue weighted by molar-refractivity contribution is -0.143. The average Bonchev–Trinajstić information content (AvgIpc) is 2.88. The summed E-state index contributed by atoms with van der Waals surface area (Å²) in [5.41, 5.74) is -0.384. The molecule has 1 aliphatic heterocycles. The molecule has 21 heavy (non-hydrogen) atoms. The lowest BCUT2D eigenvalue weighted by Gasteiger charge is -2.24. The molecule has 2 rings (SSSR count). The van der Waals surface area contributed by atoms with E-state index in [1.165, 1.54) is 24.8 Å². The first kappa shape index (κ1) is 15.4. The van der Waals surface area contributed by atoms with Crippen molar-refractivity contribution in [3.63, 3.8) is 0 Å². The van der Waals surface area contributed by atoms with Crippen molar-refractivity contribution >= 4 is 35.2 Å². The van der Waals surface area contributed by atoms with E-state index >= 15 is 0 Å². The summed E-state index contributed by atoms with van der Waals surface area (Å²) in [6, 6.07) is 6.40. The van der Waals surface area contributed by atoms with Gasteiger partial charge in [0, 0.05) is 23.9 Å². The Hall–Kier alpha value is -2.02. The highest BCUT2D eigenvalue weighted by Gasteiger charge is 2.43. The number of nitrogens with one attached hydrogen (secondary N) is 2. The molecule has 0 radical (unpaired) electrons. The summed E-state index contributed by atoms with van der Waals surface area (Å²) in [4.78, 5) is 34.7. The number of aliphatic carboxylic acids is 1. The van der Waals surface area contributed by atoms with Crippen LogP contribution in [0.3, 0.4) is 0 Å². The zero-order chi connectivity index (χ0) is 15.5. The molecule has 1 heterocycles. The van der Waals surface area contributed by atoms with Gasteiger partial charge in [0.05, 0.1) is 0 Å². The van der Waals surface area contributed by atoms with E-state index in [2.05, 4.69) is 10.6 Å². The molecule has 1 unspecified atom stereocenters. The molecule has 0 saturated carbocycles. The van der Waals surface area contributed by atoms with Crippen LogP contribution >= 0.6 is 11.8 Å². The van der Waals surface area contributed by atoms with Crippen molar-refractivity contribution in [3.8, 4) is 0 Å². The number of carboxylic acids is 1. The maximum Gasteiger partial charge on any atom is 0.330 e. The molecule has 1 atom stereocenters. The van der Waals surface area contributed by atoms with Crippen LogP contribution in [0.2, 0.25) is 0 Å². The number of thioether (sulfide) groups is 1. The highest BCUT2D eigenvalue weighted by atomic mass is 32.2. The molecule has 3 N–H and O–H groups in total. The second-order valence-corrected chi connectivity index (χ2v) is 6.01. The van der Waals surface area contributed by atoms with Gasteiger partial charge in [-0.1, -0.05) is 6.07 Å². The number of carboxylic acid groups (broad SMARTS) is 1. The molecule has 6 nitrogen and oxygen atoms in total. The molecule has 0 bridgehead atoms. The Morgan fingerprint density at radius 3 is 2.67 bits per heavy atom. The highest BCUT2D eigenvalue weighted by molar-refractivity contribution is 7.99. The van der Waals surface area contributed by atoms with Gasteiger partial charge in [0.1, 0.15) is 5.54 Å². The number of hydrogen-bond donors (Lipinski definition) is 3. The molecular weight excluding hydrogens is 292 g/mol. The van der Waals surface area contributed by atoms with E-state index in [0.29, 0.717) is 29.2 Å². The predicted octanol–water partition coefficient (Wildman–Crippen LogP) is 1.34. The quantitative estimate of drug-likeness (QED) is 0.780. The summed E-state index contributed by atoms with van der Waals surface area (Å²) in [5.74, 6) is -0.634. The monoisotopic (exact) mass is 308 g/mol. The number of carbonyl (C=O) groups is 3. The second kappa shape index (κ2) is 6.17. The third-order valence-corrected chi connectivity index (χ3v) is 4.42. The third kappa shape index (κ3) is 3.55. The van der Waals surface area contributed by atoms with E-state index in [1.54, 1.807) is 18.2 Å². The second-order valence-electron chi connectivity index (χ2n) is 4.91. The Kier molecular flexibility index (Phi) is 4.52. The van der Waals surface area contributed by atoms with Gasteiger partial charge in [-0.3, -0.25) is 9.59 Å². The number of amides is 2. The Labute approximate surface area is 126 Å². The number of anilines is 1. The average molecular weight is 308 g/mol. The zero-order valence-corrected chi connectivity index (χ0v) is 12.3. The van der Waals surface area contributed by atoms with Crippen LogP contribution < -0.4 is 10.6 Å². The summed E-state index contributed by atoms with van der Waals surface area (Å²) < 4.78 is 0. The summed E-state index contributed by atoms with van der Waals surface area (Å²) in [6.07, 6.45) is 0.407. The van der Waals surface area contributed by atoms with Gasteiger partial charge in [0.15, 0.2) is 0 Å². The first-order valence-electron chi connectivity index (χ1n) is 6.44. The minimum absolute atomic E-state index is 0.234. The lowest BCUT2D eigenvalue weighted by Crippen LogP contribution is -2.54. The number of carbonyl (C=O) groups excluding carboxylic acids is 2. The van der Waals surface area contributed by atoms with Crippen molar-refractivity contribution < 1.29 is 19.5 Å². The van der Waals surface area contributed by atoms with Crippen molar-refractivity contribution in [2.75, 3.05) is 16.8 Å². The van der Waals surface area contributed by atoms with E-state index in [9.17, 15) is 19.5 Å². The van der Waals surface area contributed by atoms with Gasteiger partial charge < -0.3 is 15.7 Å². The van der Waals surface area contributed by atoms with Crippen LogP contribution in [-0.4, -0.2) is 39.9 Å². The van der Waals surface area contributed by atoms with E-state index in [-0.39, 0.29) is 5.91 Å². The Morgan fingerprint density at radius 2 is 2.10 bits per heavy atom. The van der Waals surface area contributed by atoms with Crippen LogP contribution in [0.15, 0.2) is 24.3 Å². The van der Waals surface area contributed by atoms with Gasteiger partial charge in [-0.2, -0.15) is 11.8 Å². The molecular formula is C14H16N2O4S. The number of hydrogen-bond acceptors (Lipinski definition) is 4. The van der Waals surface area contributed by atoms with Crippen LogP contribution in [0.1, 0.15) is 23.7 Å². The topological polar surface area (TPSA) is 95.5 Å². The summed E-state index contributed by atoms with van der Waals surface area (Å²) in [6.45, 7) is 1.38. The van der Waals surface area contributed by atoms with Crippen LogP contribution in [-0.2, 0) is 9.59 Å². The molecule has 0 aromatic heterocycles. The predicted molar refractivity (Wildman–Crippen MR) is 80.5 cm³/mol. The van der Waals surface area contributed by atoms with Gasteiger partial charge in [0.2, 0.25) is 5.91 Å². The molecule has 1 saturated heterocycles. The minimum Gasteiger partial charge on any atom is -0.479 e. The van der Waals surface area contributed by atoms with Crippen LogP contribution in [0.5, 0.6) is 0 Å². The maximum absolute atomic E-state index is 12.3. The Morgan fingerprint density at radius 1 is 1.33 bits per heavy atom. The van der Waals surface area contributed by atoms with Gasteiger partial charge in [-0.15, -0.1) is 0 Å². The first-order chi connectivity index (χ1) is 9.93. The maximum atomic E-state index is 12.3. The molecule has 0 aliphatic carbocycles. The molecule has 0 spiro atoms. The largest absolute Gasteiger partial charge is 0.479 e. The first-order valence-corrected chi connectivity index (χ1v) is 7.60. The third-order valence-electron chi connectivity index (χ3n) is 3.23. The standard InChI is InChI=1S/C14H16N2O4S/c1-9(17)15-11-4-2-3-10(7-11)12(18)16-14(13(19)20)5-6-21-8-14/h2-4,7H,5-6,8H2,1H3,(H,15,17)(H,16,18)(H,19,20). The molecule has 1 aromatic rings. The van der Waals surface area contributed by atoms with Crippen LogP contribution in [0.25, 0.3) is 0 Å². The van der Waals surface area contributed by atoms with Crippen molar-refractivity contribution in [2.24, 2.45) is 0 Å². The van der Waals surface area contributed by atoms with E-state index in [1.807, 2.05) is 0 Å². The number of benzene rings is 1. The SMILES string of the molecule is CC(=O)Nc1cccc(C(=O)NC2(C(=O)O)CCSC2)c1. The Balaban J connectivity index is 2.16. The summed E-state index contributed by atoms with van der Waals surface area (Å²) in [5, 5.41) is 14.6. The fraction of sp³-hybridized carbons (Fsp3) is 0.357. The van der Waals surface area contributed by atoms with Crippen molar-refractivity contribution in [1.82, 2.24) is 5.32 Å². The smallest absolute Gasteiger partial charge is 0.330 e. The molecule has 1 aromatic carbocycles. The zero-order valence-electron chi connectivity index (χ0n) is 11.5. The fourth-order valence-electron chi connectivity index (χ4n) is 2.12. The van der Waals surface area contributed by atoms with Crippen LogP contribution in [0, 0.1) is 0 Å². The molecule has 1 fully saturated rings. The molecule has 7 heteroatoms. The molecule has 2 amide bonds. The van der Waals surface area contributed by atoms with E-state index in [4.69, 9.17) is 0 Å². The molecule has 112 valence electrons. The van der Waals surface area contributed by atoms with Gasteiger partial charge in [0.25, 0.3) is 5.91 Å². The fourth-order valence-corrected chi connectivity index (χ4v) is 3.44. The number of rotatable bonds is 4. The summed E-state index contributed by atoms with van der Waals surface area (Å²) in [7, 11) is 0. The van der Waals surface area contributed by atoms with Crippen molar-refractivity contribution in [3.05, 3.63) is 29.8 Å². The van der Waals surface area contributed by atoms with Crippen LogP contribution in [0.4, 0.5) is 5.69 Å². The van der Waals surface area contributed by atoms with E-state index in [0.717, 1.165) is 0 Å². The van der Waals surface area contributed by atoms with E-state index < -0.39 is 17.4 Å². The van der Waals surface area contributed by atoms with Gasteiger partial charge >= 0.3 is 5.97 Å². The van der Waals surface area contributed by atoms with Gasteiger partial charge in [-0.25, -0.2) is 4.79 Å². The Bertz CT molecular complexity index is 582. The summed E-state index contributed by atoms with van der Waals surface area (Å²) >= 11 is 1.51. The normalized spacial score (nSPS) is 20.8. The van der Waals surface area contributed by atoms with Crippen molar-refractivity contribution in [2.45, 2.75) is 18.9 Å². The lowest BCUT2D eigenvalue weighted by atomic mass is 9.98. The molecule has 1 aliphatic rings. The van der Waals surface area contributed by atoms with Crippen molar-refractivity contribution in [1.29, 1.82) is 0 Å². The van der Waals surface area contributed by atoms with Gasteiger partial charge in [-0.05, 0) is 30.4 Å². The highest BCUT2D eigenvalue weighted by Crippen LogP contribution is 2.28. The minimum atomic E-state index is -1.20.